The zero-order chi connectivity index (χ0) is 15.1. The Morgan fingerprint density at radius 3 is 2.60 bits per heavy atom. The SMILES string of the molecule is CCCCCC[C@H]1C[C@@](C#N)(CCCI)OC(C)(C)O1. The van der Waals surface area contributed by atoms with Crippen LogP contribution in [0, 0.1) is 11.3 Å². The van der Waals surface area contributed by atoms with Crippen molar-refractivity contribution in [1.82, 2.24) is 0 Å². The highest BCUT2D eigenvalue weighted by Gasteiger charge is 2.45. The van der Waals surface area contributed by atoms with Gasteiger partial charge in [-0.3, -0.25) is 0 Å². The van der Waals surface area contributed by atoms with Gasteiger partial charge in [0.25, 0.3) is 0 Å². The zero-order valence-corrected chi connectivity index (χ0v) is 15.2. The van der Waals surface area contributed by atoms with Crippen LogP contribution >= 0.6 is 22.6 Å². The monoisotopic (exact) mass is 393 g/mol. The maximum absolute atomic E-state index is 9.59. The molecule has 0 aromatic carbocycles. The topological polar surface area (TPSA) is 42.2 Å². The van der Waals surface area contributed by atoms with E-state index in [0.717, 1.165) is 30.1 Å². The second-order valence-corrected chi connectivity index (χ2v) is 7.27. The van der Waals surface area contributed by atoms with Gasteiger partial charge in [-0.2, -0.15) is 5.26 Å². The van der Waals surface area contributed by atoms with Gasteiger partial charge < -0.3 is 9.47 Å². The summed E-state index contributed by atoms with van der Waals surface area (Å²) in [5.74, 6) is -0.644. The molecule has 1 rings (SSSR count). The van der Waals surface area contributed by atoms with Gasteiger partial charge in [-0.05, 0) is 37.5 Å². The van der Waals surface area contributed by atoms with Crippen LogP contribution in [0.15, 0.2) is 0 Å². The van der Waals surface area contributed by atoms with E-state index < -0.39 is 11.4 Å². The van der Waals surface area contributed by atoms with Crippen molar-refractivity contribution in [3.8, 4) is 6.07 Å². The van der Waals surface area contributed by atoms with Gasteiger partial charge in [0.1, 0.15) is 0 Å². The Morgan fingerprint density at radius 2 is 2.00 bits per heavy atom. The Morgan fingerprint density at radius 1 is 1.25 bits per heavy atom. The quantitative estimate of drug-likeness (QED) is 0.332. The Kier molecular flexibility index (Phi) is 7.78. The summed E-state index contributed by atoms with van der Waals surface area (Å²) in [7, 11) is 0. The third-order valence-electron chi connectivity index (χ3n) is 3.75. The molecule has 1 aliphatic rings. The van der Waals surface area contributed by atoms with Crippen LogP contribution in [-0.4, -0.2) is 21.9 Å². The molecule has 0 bridgehead atoms. The van der Waals surface area contributed by atoms with Gasteiger partial charge in [-0.1, -0.05) is 55.2 Å². The van der Waals surface area contributed by atoms with Crippen molar-refractivity contribution in [3.05, 3.63) is 0 Å². The van der Waals surface area contributed by atoms with Crippen molar-refractivity contribution < 1.29 is 9.47 Å². The smallest absolute Gasteiger partial charge is 0.165 e. The molecule has 0 N–H and O–H groups in total. The minimum absolute atomic E-state index is 0.157. The lowest BCUT2D eigenvalue weighted by molar-refractivity contribution is -0.321. The predicted molar refractivity (Wildman–Crippen MR) is 89.9 cm³/mol. The molecular weight excluding hydrogens is 365 g/mol. The number of nitriles is 1. The third-order valence-corrected chi connectivity index (χ3v) is 4.51. The summed E-state index contributed by atoms with van der Waals surface area (Å²) in [4.78, 5) is 0. The lowest BCUT2D eigenvalue weighted by Crippen LogP contribution is -2.51. The highest BCUT2D eigenvalue weighted by molar-refractivity contribution is 14.1. The Hall–Kier alpha value is 0.140. The van der Waals surface area contributed by atoms with Crippen molar-refractivity contribution in [1.29, 1.82) is 5.26 Å². The first-order valence-corrected chi connectivity index (χ1v) is 9.35. The number of hydrogen-bond donors (Lipinski definition) is 0. The fourth-order valence-corrected chi connectivity index (χ4v) is 3.32. The van der Waals surface area contributed by atoms with E-state index >= 15 is 0 Å². The van der Waals surface area contributed by atoms with Crippen LogP contribution in [0.2, 0.25) is 0 Å². The standard InChI is InChI=1S/C16H28INO2/c1-4-5-6-7-9-14-12-16(13-18,10-8-11-17)20-15(2,3)19-14/h14H,4-12H2,1-3H3/t14-,16+/m0/s1. The van der Waals surface area contributed by atoms with Crippen molar-refractivity contribution in [2.75, 3.05) is 4.43 Å². The molecule has 0 aromatic heterocycles. The molecule has 0 aromatic rings. The lowest BCUT2D eigenvalue weighted by Gasteiger charge is -2.45. The molecule has 0 radical (unpaired) electrons. The van der Waals surface area contributed by atoms with Gasteiger partial charge in [0.15, 0.2) is 11.4 Å². The van der Waals surface area contributed by atoms with Crippen molar-refractivity contribution in [2.24, 2.45) is 0 Å². The second-order valence-electron chi connectivity index (χ2n) is 6.19. The number of nitrogens with zero attached hydrogens (tertiary/aromatic N) is 1. The molecule has 1 fully saturated rings. The summed E-state index contributed by atoms with van der Waals surface area (Å²) in [6.45, 7) is 6.08. The summed E-state index contributed by atoms with van der Waals surface area (Å²) < 4.78 is 13.1. The van der Waals surface area contributed by atoms with Crippen molar-refractivity contribution in [2.45, 2.75) is 89.6 Å². The zero-order valence-electron chi connectivity index (χ0n) is 13.1. The minimum atomic E-state index is -0.650. The largest absolute Gasteiger partial charge is 0.347 e. The lowest BCUT2D eigenvalue weighted by atomic mass is 9.88. The molecule has 0 unspecified atom stereocenters. The van der Waals surface area contributed by atoms with Gasteiger partial charge in [-0.15, -0.1) is 0 Å². The maximum atomic E-state index is 9.59. The van der Waals surface area contributed by atoms with Gasteiger partial charge in [-0.25, -0.2) is 0 Å². The number of unbranched alkanes of at least 4 members (excludes halogenated alkanes) is 3. The highest BCUT2D eigenvalue weighted by atomic mass is 127. The van der Waals surface area contributed by atoms with E-state index in [1.807, 2.05) is 13.8 Å². The van der Waals surface area contributed by atoms with Crippen LogP contribution < -0.4 is 0 Å². The Labute approximate surface area is 137 Å². The molecule has 3 nitrogen and oxygen atoms in total. The van der Waals surface area contributed by atoms with E-state index in [1.54, 1.807) is 0 Å². The molecule has 0 saturated carbocycles. The molecule has 2 atom stereocenters. The molecule has 4 heteroatoms. The molecule has 1 aliphatic heterocycles. The number of hydrogen-bond acceptors (Lipinski definition) is 3. The van der Waals surface area contributed by atoms with E-state index in [-0.39, 0.29) is 6.10 Å². The van der Waals surface area contributed by atoms with Crippen LogP contribution in [0.4, 0.5) is 0 Å². The van der Waals surface area contributed by atoms with E-state index in [1.165, 1.54) is 25.7 Å². The second kappa shape index (κ2) is 8.55. The molecule has 0 spiro atoms. The Balaban J connectivity index is 2.61. The van der Waals surface area contributed by atoms with Gasteiger partial charge in [0, 0.05) is 6.42 Å². The van der Waals surface area contributed by atoms with Gasteiger partial charge >= 0.3 is 0 Å². The molecule has 116 valence electrons. The summed E-state index contributed by atoms with van der Waals surface area (Å²) in [5.41, 5.74) is -0.650. The average molecular weight is 393 g/mol. The highest BCUT2D eigenvalue weighted by Crippen LogP contribution is 2.38. The summed E-state index contributed by atoms with van der Waals surface area (Å²) in [5, 5.41) is 9.59. The maximum Gasteiger partial charge on any atom is 0.165 e. The summed E-state index contributed by atoms with van der Waals surface area (Å²) >= 11 is 2.36. The number of rotatable bonds is 8. The normalized spacial score (nSPS) is 29.1. The van der Waals surface area contributed by atoms with Crippen LogP contribution in [0.1, 0.15) is 72.1 Å². The number of halogens is 1. The average Bonchev–Trinajstić information content (AvgIpc) is 2.40. The van der Waals surface area contributed by atoms with Gasteiger partial charge in [0.2, 0.25) is 0 Å². The molecule has 0 aliphatic carbocycles. The van der Waals surface area contributed by atoms with E-state index in [2.05, 4.69) is 35.6 Å². The molecule has 0 amide bonds. The fourth-order valence-electron chi connectivity index (χ4n) is 2.94. The molecule has 1 saturated heterocycles. The van der Waals surface area contributed by atoms with Crippen LogP contribution in [0.5, 0.6) is 0 Å². The first-order valence-electron chi connectivity index (χ1n) is 7.82. The van der Waals surface area contributed by atoms with Crippen molar-refractivity contribution >= 4 is 22.6 Å². The molecular formula is C16H28INO2. The van der Waals surface area contributed by atoms with Crippen molar-refractivity contribution in [3.63, 3.8) is 0 Å². The fraction of sp³-hybridized carbons (Fsp3) is 0.938. The van der Waals surface area contributed by atoms with Crippen LogP contribution in [0.3, 0.4) is 0 Å². The Bertz CT molecular complexity index is 327. The molecule has 1 heterocycles. The summed E-state index contributed by atoms with van der Waals surface area (Å²) in [6, 6.07) is 2.43. The van der Waals surface area contributed by atoms with E-state index in [4.69, 9.17) is 9.47 Å². The first kappa shape index (κ1) is 18.2. The number of ether oxygens (including phenoxy) is 2. The van der Waals surface area contributed by atoms with Crippen LogP contribution in [0.25, 0.3) is 0 Å². The first-order chi connectivity index (χ1) is 9.47. The third kappa shape index (κ3) is 5.87. The van der Waals surface area contributed by atoms with E-state index in [0.29, 0.717) is 0 Å². The number of alkyl halides is 1. The van der Waals surface area contributed by atoms with E-state index in [9.17, 15) is 5.26 Å². The predicted octanol–water partition coefficient (Wildman–Crippen LogP) is 4.98. The minimum Gasteiger partial charge on any atom is -0.347 e. The molecule has 20 heavy (non-hydrogen) atoms. The summed E-state index contributed by atoms with van der Waals surface area (Å²) in [6.07, 6.45) is 8.72. The van der Waals surface area contributed by atoms with Crippen LogP contribution in [-0.2, 0) is 9.47 Å². The van der Waals surface area contributed by atoms with Gasteiger partial charge in [0.05, 0.1) is 12.2 Å².